The minimum Gasteiger partial charge on any atom is -0.318 e. The minimum atomic E-state index is -4.62. The van der Waals surface area contributed by atoms with Crippen LogP contribution in [0.1, 0.15) is 59.7 Å². The van der Waals surface area contributed by atoms with Crippen molar-refractivity contribution in [3.8, 4) is 16.9 Å². The number of nitrogens with zero attached hydrogens (tertiary/aromatic N) is 4. The maximum absolute atomic E-state index is 14.3. The molecule has 1 aromatic heterocycles. The number of carbonyl (C=O) groups excluding carboxylic acids is 1. The first-order valence-electron chi connectivity index (χ1n) is 12.4. The summed E-state index contributed by atoms with van der Waals surface area (Å²) in [6.45, 7) is 14.6. The number of alkyl halides is 3. The number of hydrogen-bond acceptors (Lipinski definition) is 3. The molecule has 0 aliphatic rings. The van der Waals surface area contributed by atoms with Crippen molar-refractivity contribution in [2.75, 3.05) is 0 Å². The zero-order valence-electron chi connectivity index (χ0n) is 23.0. The SMILES string of the molecule is Cc1ccc(-c2cc(C(F)(F)F)nn2-c2ccc([S@@](=O)(=NC(=O)N(C(C)C)C(C)C)C(C)(C)C)cc2)cc1. The van der Waals surface area contributed by atoms with Gasteiger partial charge in [-0.1, -0.05) is 29.8 Å². The number of aromatic nitrogens is 2. The highest BCUT2D eigenvalue weighted by Crippen LogP contribution is 2.34. The number of rotatable bonds is 5. The van der Waals surface area contributed by atoms with Gasteiger partial charge in [-0.15, -0.1) is 4.36 Å². The molecule has 0 N–H and O–H groups in total. The average molecular weight is 549 g/mol. The molecule has 3 aromatic rings. The molecule has 3 rings (SSSR count). The van der Waals surface area contributed by atoms with Crippen LogP contribution in [0.15, 0.2) is 63.9 Å². The van der Waals surface area contributed by atoms with Gasteiger partial charge in [0.2, 0.25) is 0 Å². The molecule has 0 radical (unpaired) electrons. The third kappa shape index (κ3) is 5.95. The topological polar surface area (TPSA) is 67.6 Å². The predicted molar refractivity (Wildman–Crippen MR) is 145 cm³/mol. The molecule has 0 saturated carbocycles. The maximum atomic E-state index is 14.3. The maximum Gasteiger partial charge on any atom is 0.435 e. The standard InChI is InChI=1S/C28H35F3N4O2S/c1-18(2)34(19(3)4)26(36)33-38(37,27(6,7)8)23-15-13-22(14-16-23)35-24(17-25(32-35)28(29,30)31)21-11-9-20(5)10-12-21/h9-19H,1-8H3/t38-/m0/s1. The van der Waals surface area contributed by atoms with Gasteiger partial charge in [-0.2, -0.15) is 18.3 Å². The third-order valence-electron chi connectivity index (χ3n) is 6.12. The summed E-state index contributed by atoms with van der Waals surface area (Å²) in [5.74, 6) is 0. The molecule has 10 heteroatoms. The van der Waals surface area contributed by atoms with Crippen molar-refractivity contribution in [2.45, 2.75) is 83.3 Å². The summed E-state index contributed by atoms with van der Waals surface area (Å²) < 4.78 is 59.6. The molecule has 38 heavy (non-hydrogen) atoms. The van der Waals surface area contributed by atoms with Crippen molar-refractivity contribution in [2.24, 2.45) is 4.36 Å². The Morgan fingerprint density at radius 3 is 1.92 bits per heavy atom. The van der Waals surface area contributed by atoms with Gasteiger partial charge in [0.05, 0.1) is 25.9 Å². The van der Waals surface area contributed by atoms with Crippen LogP contribution in [0, 0.1) is 6.92 Å². The van der Waals surface area contributed by atoms with Gasteiger partial charge in [-0.25, -0.2) is 13.7 Å². The van der Waals surface area contributed by atoms with Gasteiger partial charge in [-0.3, -0.25) is 0 Å². The lowest BCUT2D eigenvalue weighted by Gasteiger charge is -2.31. The summed E-state index contributed by atoms with van der Waals surface area (Å²) in [5.41, 5.74) is 1.16. The van der Waals surface area contributed by atoms with Gasteiger partial charge in [0, 0.05) is 22.5 Å². The largest absolute Gasteiger partial charge is 0.435 e. The lowest BCUT2D eigenvalue weighted by Crippen LogP contribution is -2.41. The van der Waals surface area contributed by atoms with Crippen molar-refractivity contribution >= 4 is 15.8 Å². The quantitative estimate of drug-likeness (QED) is 0.328. The van der Waals surface area contributed by atoms with Crippen LogP contribution in [0.2, 0.25) is 0 Å². The van der Waals surface area contributed by atoms with Crippen LogP contribution < -0.4 is 0 Å². The normalized spacial score (nSPS) is 14.0. The summed E-state index contributed by atoms with van der Waals surface area (Å²) in [4.78, 5) is 15.0. The monoisotopic (exact) mass is 548 g/mol. The molecule has 0 fully saturated rings. The van der Waals surface area contributed by atoms with Gasteiger partial charge < -0.3 is 4.90 Å². The predicted octanol–water partition coefficient (Wildman–Crippen LogP) is 7.73. The van der Waals surface area contributed by atoms with Crippen LogP contribution >= 0.6 is 0 Å². The highest BCUT2D eigenvalue weighted by atomic mass is 32.2. The number of benzene rings is 2. The fourth-order valence-corrected chi connectivity index (χ4v) is 6.06. The first kappa shape index (κ1) is 29.4. The summed E-state index contributed by atoms with van der Waals surface area (Å²) in [7, 11) is -3.26. The van der Waals surface area contributed by atoms with Gasteiger partial charge >= 0.3 is 12.2 Å². The molecule has 0 aliphatic heterocycles. The Morgan fingerprint density at radius 2 is 1.47 bits per heavy atom. The second kappa shape index (κ2) is 10.6. The molecule has 6 nitrogen and oxygen atoms in total. The van der Waals surface area contributed by atoms with Crippen LogP contribution in [0.3, 0.4) is 0 Å². The molecule has 1 heterocycles. The van der Waals surface area contributed by atoms with E-state index in [0.717, 1.165) is 11.6 Å². The molecule has 0 unspecified atom stereocenters. The van der Waals surface area contributed by atoms with Crippen molar-refractivity contribution in [3.05, 3.63) is 65.9 Å². The van der Waals surface area contributed by atoms with E-state index in [-0.39, 0.29) is 17.8 Å². The highest BCUT2D eigenvalue weighted by Gasteiger charge is 2.36. The van der Waals surface area contributed by atoms with Crippen molar-refractivity contribution in [1.29, 1.82) is 0 Å². The van der Waals surface area contributed by atoms with E-state index in [1.165, 1.54) is 4.68 Å². The van der Waals surface area contributed by atoms with Gasteiger partial charge in [0.1, 0.15) is 0 Å². The van der Waals surface area contributed by atoms with E-state index in [0.29, 0.717) is 16.1 Å². The van der Waals surface area contributed by atoms with E-state index in [1.54, 1.807) is 62.1 Å². The van der Waals surface area contributed by atoms with Crippen LogP contribution in [0.25, 0.3) is 16.9 Å². The third-order valence-corrected chi connectivity index (χ3v) is 9.10. The van der Waals surface area contributed by atoms with E-state index in [1.807, 2.05) is 46.8 Å². The number of urea groups is 1. The first-order valence-corrected chi connectivity index (χ1v) is 13.9. The van der Waals surface area contributed by atoms with E-state index in [9.17, 15) is 22.2 Å². The Bertz CT molecular complexity index is 1400. The molecule has 0 spiro atoms. The molecule has 206 valence electrons. The van der Waals surface area contributed by atoms with Gasteiger partial charge in [0.25, 0.3) is 0 Å². The van der Waals surface area contributed by atoms with Crippen LogP contribution in [0.5, 0.6) is 0 Å². The van der Waals surface area contributed by atoms with E-state index < -0.39 is 32.4 Å². The molecular formula is C28H35F3N4O2S. The summed E-state index contributed by atoms with van der Waals surface area (Å²) in [6.07, 6.45) is -4.62. The summed E-state index contributed by atoms with van der Waals surface area (Å²) in [5, 5.41) is 3.84. The lowest BCUT2D eigenvalue weighted by molar-refractivity contribution is -0.141. The van der Waals surface area contributed by atoms with Crippen LogP contribution in [-0.4, -0.2) is 41.8 Å². The average Bonchev–Trinajstić information content (AvgIpc) is 3.24. The first-order chi connectivity index (χ1) is 17.5. The highest BCUT2D eigenvalue weighted by molar-refractivity contribution is 7.95. The molecule has 0 bridgehead atoms. The van der Waals surface area contributed by atoms with Crippen molar-refractivity contribution in [3.63, 3.8) is 0 Å². The lowest BCUT2D eigenvalue weighted by atomic mass is 10.1. The summed E-state index contributed by atoms with van der Waals surface area (Å²) >= 11 is 0. The van der Waals surface area contributed by atoms with Crippen molar-refractivity contribution in [1.82, 2.24) is 14.7 Å². The smallest absolute Gasteiger partial charge is 0.318 e. The van der Waals surface area contributed by atoms with Crippen LogP contribution in [0.4, 0.5) is 18.0 Å². The Kier molecular flexibility index (Phi) is 8.17. The van der Waals surface area contributed by atoms with Crippen LogP contribution in [-0.2, 0) is 15.9 Å². The number of hydrogen-bond donors (Lipinski definition) is 0. The molecular weight excluding hydrogens is 513 g/mol. The molecule has 2 aromatic carbocycles. The Balaban J connectivity index is 2.15. The minimum absolute atomic E-state index is 0.139. The van der Waals surface area contributed by atoms with E-state index >= 15 is 0 Å². The number of halogens is 3. The molecule has 0 aliphatic carbocycles. The van der Waals surface area contributed by atoms with Crippen molar-refractivity contribution < 1.29 is 22.2 Å². The molecule has 0 saturated heterocycles. The number of carbonyl (C=O) groups is 1. The second-order valence-electron chi connectivity index (χ2n) is 10.8. The van der Waals surface area contributed by atoms with Gasteiger partial charge in [0.15, 0.2) is 5.69 Å². The Labute approximate surface area is 223 Å². The zero-order valence-corrected chi connectivity index (χ0v) is 23.8. The fourth-order valence-electron chi connectivity index (χ4n) is 4.16. The Hall–Kier alpha value is -3.14. The van der Waals surface area contributed by atoms with Gasteiger partial charge in [-0.05, 0) is 85.7 Å². The number of aryl methyl sites for hydroxylation is 1. The summed E-state index contributed by atoms with van der Waals surface area (Å²) in [6, 6.07) is 13.5. The van der Waals surface area contributed by atoms with E-state index in [2.05, 4.69) is 9.46 Å². The number of amides is 2. The molecule has 2 amide bonds. The molecule has 1 atom stereocenters. The van der Waals surface area contributed by atoms with E-state index in [4.69, 9.17) is 0 Å². The Morgan fingerprint density at radius 1 is 0.947 bits per heavy atom. The second-order valence-corrected chi connectivity index (χ2v) is 13.7. The fraction of sp³-hybridized carbons (Fsp3) is 0.429. The zero-order chi connectivity index (χ0) is 28.6.